The van der Waals surface area contributed by atoms with Crippen molar-refractivity contribution in [1.29, 1.82) is 0 Å². The van der Waals surface area contributed by atoms with Crippen molar-refractivity contribution in [1.82, 2.24) is 8.87 Å². The molecule has 34 heavy (non-hydrogen) atoms. The first-order chi connectivity index (χ1) is 16.3. The fraction of sp³-hybridized carbons (Fsp3) is 0.348. The van der Waals surface area contributed by atoms with E-state index in [-0.39, 0.29) is 33.9 Å². The minimum atomic E-state index is -3.61. The highest BCUT2D eigenvalue weighted by molar-refractivity contribution is 7.89. The average molecular weight is 506 g/mol. The Bertz CT molecular complexity index is 1390. The number of ether oxygens (including phenoxy) is 1. The van der Waals surface area contributed by atoms with E-state index < -0.39 is 27.7 Å². The van der Waals surface area contributed by atoms with Crippen LogP contribution in [0.15, 0.2) is 52.4 Å². The van der Waals surface area contributed by atoms with Gasteiger partial charge in [-0.2, -0.15) is 9.30 Å². The Labute approximate surface area is 200 Å². The number of esters is 1. The number of carbonyl (C=O) groups is 2. The van der Waals surface area contributed by atoms with Crippen molar-refractivity contribution in [2.45, 2.75) is 37.6 Å². The molecule has 11 heteroatoms. The topological polar surface area (TPSA) is 98.0 Å². The van der Waals surface area contributed by atoms with E-state index in [1.807, 2.05) is 0 Å². The van der Waals surface area contributed by atoms with E-state index in [1.165, 1.54) is 45.3 Å². The predicted molar refractivity (Wildman–Crippen MR) is 125 cm³/mol. The van der Waals surface area contributed by atoms with Gasteiger partial charge in [0, 0.05) is 18.7 Å². The zero-order valence-electron chi connectivity index (χ0n) is 18.6. The summed E-state index contributed by atoms with van der Waals surface area (Å²) >= 11 is 1.07. The average Bonchev–Trinajstić information content (AvgIpc) is 3.17. The SMILES string of the molecule is CCOC(=O)Cn1c(=NC(=O)c2ccc(S(=O)(=O)N3CCCCC3)cc2)sc2cccc(F)c21. The Morgan fingerprint density at radius 1 is 1.09 bits per heavy atom. The number of amides is 1. The van der Waals surface area contributed by atoms with Gasteiger partial charge in [-0.15, -0.1) is 0 Å². The van der Waals surface area contributed by atoms with E-state index in [4.69, 9.17) is 4.74 Å². The number of rotatable bonds is 6. The molecule has 2 aromatic carbocycles. The summed E-state index contributed by atoms with van der Waals surface area (Å²) in [6.07, 6.45) is 2.67. The van der Waals surface area contributed by atoms with Crippen LogP contribution in [-0.4, -0.2) is 48.9 Å². The van der Waals surface area contributed by atoms with Crippen LogP contribution in [0.25, 0.3) is 10.2 Å². The van der Waals surface area contributed by atoms with Crippen LogP contribution in [0.5, 0.6) is 0 Å². The molecule has 3 aromatic rings. The van der Waals surface area contributed by atoms with Gasteiger partial charge >= 0.3 is 5.97 Å². The monoisotopic (exact) mass is 505 g/mol. The quantitative estimate of drug-likeness (QED) is 0.479. The number of benzene rings is 2. The van der Waals surface area contributed by atoms with Gasteiger partial charge in [-0.25, -0.2) is 12.8 Å². The third kappa shape index (κ3) is 4.96. The maximum absolute atomic E-state index is 14.5. The van der Waals surface area contributed by atoms with Gasteiger partial charge < -0.3 is 9.30 Å². The molecule has 4 rings (SSSR count). The van der Waals surface area contributed by atoms with Crippen LogP contribution in [0, 0.1) is 5.82 Å². The lowest BCUT2D eigenvalue weighted by Crippen LogP contribution is -2.35. The largest absolute Gasteiger partial charge is 0.465 e. The number of nitrogens with zero attached hydrogens (tertiary/aromatic N) is 3. The highest BCUT2D eigenvalue weighted by atomic mass is 32.2. The minimum absolute atomic E-state index is 0.118. The summed E-state index contributed by atoms with van der Waals surface area (Å²) in [7, 11) is -3.61. The molecular weight excluding hydrogens is 481 g/mol. The van der Waals surface area contributed by atoms with E-state index >= 15 is 0 Å². The second kappa shape index (κ2) is 10.2. The van der Waals surface area contributed by atoms with Crippen molar-refractivity contribution in [3.8, 4) is 0 Å². The number of hydrogen-bond acceptors (Lipinski definition) is 6. The number of aromatic nitrogens is 1. The molecule has 1 amide bonds. The molecule has 0 saturated carbocycles. The molecular formula is C23H24FN3O5S2. The highest BCUT2D eigenvalue weighted by Gasteiger charge is 2.26. The number of fused-ring (bicyclic) bond motifs is 1. The summed E-state index contributed by atoms with van der Waals surface area (Å²) in [5.74, 6) is -1.75. The van der Waals surface area contributed by atoms with Crippen LogP contribution in [-0.2, 0) is 26.1 Å². The van der Waals surface area contributed by atoms with Crippen molar-refractivity contribution in [3.63, 3.8) is 0 Å². The summed E-state index contributed by atoms with van der Waals surface area (Å²) < 4.78 is 48.5. The number of carbonyl (C=O) groups excluding carboxylic acids is 2. The zero-order valence-corrected chi connectivity index (χ0v) is 20.2. The molecule has 0 N–H and O–H groups in total. The van der Waals surface area contributed by atoms with Gasteiger partial charge in [0.2, 0.25) is 10.0 Å². The van der Waals surface area contributed by atoms with Crippen LogP contribution >= 0.6 is 11.3 Å². The summed E-state index contributed by atoms with van der Waals surface area (Å²) in [6.45, 7) is 2.51. The van der Waals surface area contributed by atoms with Crippen LogP contribution in [0.4, 0.5) is 4.39 Å². The molecule has 2 heterocycles. The van der Waals surface area contributed by atoms with Gasteiger partial charge in [0.15, 0.2) is 4.80 Å². The number of thiazole rings is 1. The Balaban J connectivity index is 1.67. The fourth-order valence-electron chi connectivity index (χ4n) is 3.83. The number of para-hydroxylation sites is 1. The predicted octanol–water partition coefficient (Wildman–Crippen LogP) is 3.32. The lowest BCUT2D eigenvalue weighted by Gasteiger charge is -2.25. The fourth-order valence-corrected chi connectivity index (χ4v) is 6.39. The van der Waals surface area contributed by atoms with Gasteiger partial charge in [0.1, 0.15) is 12.4 Å². The second-order valence-corrected chi connectivity index (χ2v) is 10.7. The summed E-state index contributed by atoms with van der Waals surface area (Å²) in [5, 5.41) is 0. The van der Waals surface area contributed by atoms with E-state index in [2.05, 4.69) is 4.99 Å². The summed E-state index contributed by atoms with van der Waals surface area (Å²) in [5.41, 5.74) is 0.341. The molecule has 0 radical (unpaired) electrons. The van der Waals surface area contributed by atoms with Gasteiger partial charge in [0.05, 0.1) is 21.7 Å². The third-order valence-corrected chi connectivity index (χ3v) is 8.45. The smallest absolute Gasteiger partial charge is 0.326 e. The van der Waals surface area contributed by atoms with Gasteiger partial charge in [0.25, 0.3) is 5.91 Å². The molecule has 1 aliphatic rings. The van der Waals surface area contributed by atoms with Crippen molar-refractivity contribution in [3.05, 3.63) is 58.6 Å². The Kier molecular flexibility index (Phi) is 7.24. The third-order valence-electron chi connectivity index (χ3n) is 5.50. The van der Waals surface area contributed by atoms with Crippen molar-refractivity contribution >= 4 is 43.5 Å². The molecule has 0 bridgehead atoms. The first-order valence-corrected chi connectivity index (χ1v) is 13.2. The normalized spacial score (nSPS) is 15.5. The molecule has 8 nitrogen and oxygen atoms in total. The standard InChI is InChI=1S/C23H24FN3O5S2/c1-2-32-20(28)15-27-21-18(24)7-6-8-19(21)33-23(27)25-22(29)16-9-11-17(12-10-16)34(30,31)26-13-4-3-5-14-26/h6-12H,2-5,13-15H2,1H3. The van der Waals surface area contributed by atoms with Crippen LogP contribution in [0.2, 0.25) is 0 Å². The molecule has 1 aromatic heterocycles. The number of halogens is 1. The highest BCUT2D eigenvalue weighted by Crippen LogP contribution is 2.22. The van der Waals surface area contributed by atoms with Crippen LogP contribution in [0.3, 0.4) is 0 Å². The number of sulfonamides is 1. The van der Waals surface area contributed by atoms with Crippen molar-refractivity contribution in [2.24, 2.45) is 4.99 Å². The van der Waals surface area contributed by atoms with Crippen molar-refractivity contribution < 1.29 is 27.1 Å². The second-order valence-electron chi connectivity index (χ2n) is 7.77. The lowest BCUT2D eigenvalue weighted by atomic mass is 10.2. The van der Waals surface area contributed by atoms with E-state index in [1.54, 1.807) is 13.0 Å². The Morgan fingerprint density at radius 3 is 2.47 bits per heavy atom. The Hall–Kier alpha value is -2.89. The number of hydrogen-bond donors (Lipinski definition) is 0. The Morgan fingerprint density at radius 2 is 1.79 bits per heavy atom. The molecule has 0 aliphatic carbocycles. The molecule has 1 aliphatic heterocycles. The molecule has 1 saturated heterocycles. The molecule has 0 unspecified atom stereocenters. The molecule has 0 spiro atoms. The minimum Gasteiger partial charge on any atom is -0.465 e. The maximum atomic E-state index is 14.5. The molecule has 0 atom stereocenters. The van der Waals surface area contributed by atoms with E-state index in [0.717, 1.165) is 30.6 Å². The zero-order chi connectivity index (χ0) is 24.3. The summed E-state index contributed by atoms with van der Waals surface area (Å²) in [6, 6.07) is 10.1. The summed E-state index contributed by atoms with van der Waals surface area (Å²) in [4.78, 5) is 29.3. The number of piperidine rings is 1. The van der Waals surface area contributed by atoms with Gasteiger partial charge in [-0.1, -0.05) is 23.8 Å². The van der Waals surface area contributed by atoms with E-state index in [9.17, 15) is 22.4 Å². The lowest BCUT2D eigenvalue weighted by molar-refractivity contribution is -0.143. The first-order valence-electron chi connectivity index (χ1n) is 10.9. The van der Waals surface area contributed by atoms with Gasteiger partial charge in [-0.3, -0.25) is 9.59 Å². The maximum Gasteiger partial charge on any atom is 0.326 e. The van der Waals surface area contributed by atoms with Crippen molar-refractivity contribution in [2.75, 3.05) is 19.7 Å². The van der Waals surface area contributed by atoms with Gasteiger partial charge in [-0.05, 0) is 56.2 Å². The van der Waals surface area contributed by atoms with Crippen LogP contribution < -0.4 is 4.80 Å². The van der Waals surface area contributed by atoms with Crippen LogP contribution in [0.1, 0.15) is 36.5 Å². The first kappa shape index (κ1) is 24.2. The molecule has 180 valence electrons. The van der Waals surface area contributed by atoms with E-state index in [0.29, 0.717) is 17.8 Å². The molecule has 1 fully saturated rings.